The predicted octanol–water partition coefficient (Wildman–Crippen LogP) is 3.35. The molecule has 80 valence electrons. The Morgan fingerprint density at radius 3 is 3.07 bits per heavy atom. The van der Waals surface area contributed by atoms with Crippen LogP contribution in [-0.2, 0) is 0 Å². The van der Waals surface area contributed by atoms with Gasteiger partial charge in [-0.2, -0.15) is 0 Å². The molecule has 2 nitrogen and oxygen atoms in total. The van der Waals surface area contributed by atoms with Crippen LogP contribution >= 0.6 is 11.6 Å². The van der Waals surface area contributed by atoms with Crippen LogP contribution in [0.5, 0.6) is 0 Å². The predicted molar refractivity (Wildman–Crippen MR) is 64.7 cm³/mol. The van der Waals surface area contributed by atoms with Crippen LogP contribution in [0.3, 0.4) is 0 Å². The second-order valence-corrected chi connectivity index (χ2v) is 4.95. The number of hydrogen-bond donors (Lipinski definition) is 2. The van der Waals surface area contributed by atoms with Crippen molar-refractivity contribution >= 4 is 23.0 Å². The second-order valence-electron chi connectivity index (χ2n) is 4.51. The van der Waals surface area contributed by atoms with E-state index >= 15 is 0 Å². The molecule has 1 fully saturated rings. The van der Waals surface area contributed by atoms with E-state index in [4.69, 9.17) is 11.6 Å². The number of fused-ring (bicyclic) bond motifs is 2. The summed E-state index contributed by atoms with van der Waals surface area (Å²) in [6, 6.07) is 6.68. The number of anilines is 2. The van der Waals surface area contributed by atoms with Gasteiger partial charge in [0.2, 0.25) is 0 Å². The molecule has 2 aliphatic rings. The van der Waals surface area contributed by atoms with Crippen molar-refractivity contribution in [3.05, 3.63) is 23.2 Å². The summed E-state index contributed by atoms with van der Waals surface area (Å²) in [5.74, 6) is 0.774. The number of nitrogens with one attached hydrogen (secondary N) is 2. The van der Waals surface area contributed by atoms with E-state index in [1.54, 1.807) is 0 Å². The van der Waals surface area contributed by atoms with E-state index in [1.807, 2.05) is 12.1 Å². The Hall–Kier alpha value is -0.890. The van der Waals surface area contributed by atoms with E-state index in [2.05, 4.69) is 16.7 Å². The topological polar surface area (TPSA) is 24.1 Å². The maximum atomic E-state index is 5.98. The van der Waals surface area contributed by atoms with E-state index in [9.17, 15) is 0 Å². The Morgan fingerprint density at radius 2 is 2.13 bits per heavy atom. The highest BCUT2D eigenvalue weighted by atomic mass is 35.5. The summed E-state index contributed by atoms with van der Waals surface area (Å²) in [5.41, 5.74) is 2.35. The molecule has 0 amide bonds. The smallest absolute Gasteiger partial charge is 0.0591 e. The molecule has 0 saturated heterocycles. The van der Waals surface area contributed by atoms with Gasteiger partial charge in [0, 0.05) is 17.6 Å². The number of halogens is 1. The van der Waals surface area contributed by atoms with Gasteiger partial charge in [0.05, 0.1) is 11.4 Å². The van der Waals surface area contributed by atoms with Gasteiger partial charge >= 0.3 is 0 Å². The van der Waals surface area contributed by atoms with Crippen LogP contribution in [0.15, 0.2) is 18.2 Å². The van der Waals surface area contributed by atoms with Crippen LogP contribution in [0.25, 0.3) is 0 Å². The van der Waals surface area contributed by atoms with Crippen LogP contribution < -0.4 is 10.6 Å². The minimum absolute atomic E-state index is 0.653. The van der Waals surface area contributed by atoms with Crippen molar-refractivity contribution in [2.45, 2.75) is 25.3 Å². The van der Waals surface area contributed by atoms with E-state index in [1.165, 1.54) is 24.9 Å². The Labute approximate surface area is 95.0 Å². The lowest BCUT2D eigenvalue weighted by atomic mass is 10.0. The molecule has 3 rings (SSSR count). The molecule has 0 radical (unpaired) electrons. The van der Waals surface area contributed by atoms with Crippen molar-refractivity contribution < 1.29 is 0 Å². The molecule has 0 bridgehead atoms. The largest absolute Gasteiger partial charge is 0.383 e. The van der Waals surface area contributed by atoms with Gasteiger partial charge in [0.1, 0.15) is 0 Å². The average molecular weight is 223 g/mol. The quantitative estimate of drug-likeness (QED) is 0.704. The zero-order valence-corrected chi connectivity index (χ0v) is 9.35. The molecule has 1 saturated carbocycles. The lowest BCUT2D eigenvalue weighted by molar-refractivity contribution is 0.537. The fraction of sp³-hybridized carbons (Fsp3) is 0.500. The fourth-order valence-electron chi connectivity index (χ4n) is 2.70. The van der Waals surface area contributed by atoms with Gasteiger partial charge < -0.3 is 10.6 Å². The van der Waals surface area contributed by atoms with E-state index in [0.717, 1.165) is 23.2 Å². The highest BCUT2D eigenvalue weighted by Crippen LogP contribution is 2.35. The lowest BCUT2D eigenvalue weighted by Crippen LogP contribution is -2.25. The molecule has 1 aromatic carbocycles. The summed E-state index contributed by atoms with van der Waals surface area (Å²) in [4.78, 5) is 0. The maximum absolute atomic E-state index is 5.98. The van der Waals surface area contributed by atoms with E-state index in [-0.39, 0.29) is 0 Å². The molecule has 1 heterocycles. The first kappa shape index (κ1) is 9.34. The number of hydrogen-bond acceptors (Lipinski definition) is 2. The number of benzene rings is 1. The van der Waals surface area contributed by atoms with Crippen LogP contribution in [0.1, 0.15) is 19.3 Å². The third-order valence-electron chi connectivity index (χ3n) is 3.54. The highest BCUT2D eigenvalue weighted by Gasteiger charge is 2.29. The second kappa shape index (κ2) is 3.60. The monoisotopic (exact) mass is 222 g/mol. The molecular weight excluding hydrogens is 208 g/mol. The first-order valence-electron chi connectivity index (χ1n) is 5.63. The normalized spacial score (nSPS) is 28.3. The molecule has 2 N–H and O–H groups in total. The fourth-order valence-corrected chi connectivity index (χ4v) is 2.87. The summed E-state index contributed by atoms with van der Waals surface area (Å²) >= 11 is 5.98. The summed E-state index contributed by atoms with van der Waals surface area (Å²) in [6.07, 6.45) is 3.99. The van der Waals surface area contributed by atoms with Gasteiger partial charge in [-0.25, -0.2) is 0 Å². The van der Waals surface area contributed by atoms with Crippen molar-refractivity contribution in [3.63, 3.8) is 0 Å². The standard InChI is InChI=1S/C12H15ClN2/c13-9-4-5-11-12(6-9)14-7-8-2-1-3-10(8)15-11/h4-6,8,10,14-15H,1-3,7H2. The SMILES string of the molecule is Clc1ccc2c(c1)NCC1CCCC1N2. The minimum Gasteiger partial charge on any atom is -0.383 e. The lowest BCUT2D eigenvalue weighted by Gasteiger charge is -2.17. The Kier molecular flexibility index (Phi) is 2.24. The maximum Gasteiger partial charge on any atom is 0.0591 e. The van der Waals surface area contributed by atoms with Crippen molar-refractivity contribution in [2.24, 2.45) is 5.92 Å². The molecule has 3 heteroatoms. The average Bonchev–Trinajstić information content (AvgIpc) is 2.59. The molecule has 2 atom stereocenters. The summed E-state index contributed by atoms with van der Waals surface area (Å²) in [7, 11) is 0. The third-order valence-corrected chi connectivity index (χ3v) is 3.77. The molecule has 2 unspecified atom stereocenters. The van der Waals surface area contributed by atoms with Gasteiger partial charge in [-0.05, 0) is 37.0 Å². The first-order valence-corrected chi connectivity index (χ1v) is 6.01. The van der Waals surface area contributed by atoms with E-state index < -0.39 is 0 Å². The van der Waals surface area contributed by atoms with Crippen molar-refractivity contribution in [2.75, 3.05) is 17.2 Å². The van der Waals surface area contributed by atoms with Crippen LogP contribution in [-0.4, -0.2) is 12.6 Å². The Bertz CT molecular complexity index is 378. The van der Waals surface area contributed by atoms with Crippen LogP contribution in [0, 0.1) is 5.92 Å². The first-order chi connectivity index (χ1) is 7.33. The molecule has 0 spiro atoms. The Morgan fingerprint density at radius 1 is 1.20 bits per heavy atom. The minimum atomic E-state index is 0.653. The molecule has 1 aliphatic heterocycles. The van der Waals surface area contributed by atoms with Gasteiger partial charge in [0.15, 0.2) is 0 Å². The number of rotatable bonds is 0. The Balaban J connectivity index is 1.93. The van der Waals surface area contributed by atoms with Crippen LogP contribution in [0.4, 0.5) is 11.4 Å². The molecular formula is C12H15ClN2. The molecule has 0 aromatic heterocycles. The summed E-state index contributed by atoms with van der Waals surface area (Å²) in [6.45, 7) is 1.07. The van der Waals surface area contributed by atoms with Gasteiger partial charge in [0.25, 0.3) is 0 Å². The van der Waals surface area contributed by atoms with Gasteiger partial charge in [-0.1, -0.05) is 18.0 Å². The summed E-state index contributed by atoms with van der Waals surface area (Å²) in [5, 5.41) is 7.92. The van der Waals surface area contributed by atoms with Crippen molar-refractivity contribution in [1.29, 1.82) is 0 Å². The van der Waals surface area contributed by atoms with Crippen molar-refractivity contribution in [3.8, 4) is 0 Å². The molecule has 1 aromatic rings. The summed E-state index contributed by atoms with van der Waals surface area (Å²) < 4.78 is 0. The van der Waals surface area contributed by atoms with E-state index in [0.29, 0.717) is 6.04 Å². The van der Waals surface area contributed by atoms with Gasteiger partial charge in [-0.3, -0.25) is 0 Å². The van der Waals surface area contributed by atoms with Gasteiger partial charge in [-0.15, -0.1) is 0 Å². The zero-order valence-electron chi connectivity index (χ0n) is 8.59. The highest BCUT2D eigenvalue weighted by molar-refractivity contribution is 6.31. The molecule has 15 heavy (non-hydrogen) atoms. The van der Waals surface area contributed by atoms with Crippen molar-refractivity contribution in [1.82, 2.24) is 0 Å². The third kappa shape index (κ3) is 1.67. The van der Waals surface area contributed by atoms with Crippen LogP contribution in [0.2, 0.25) is 5.02 Å². The zero-order chi connectivity index (χ0) is 10.3. The molecule has 1 aliphatic carbocycles.